The van der Waals surface area contributed by atoms with Gasteiger partial charge in [-0.05, 0) is 19.1 Å². The molecule has 0 saturated heterocycles. The monoisotopic (exact) mass is 309 g/mol. The summed E-state index contributed by atoms with van der Waals surface area (Å²) in [7, 11) is 1.28. The fourth-order valence-corrected chi connectivity index (χ4v) is 2.58. The van der Waals surface area contributed by atoms with Crippen molar-refractivity contribution >= 4 is 22.8 Å². The highest BCUT2D eigenvalue weighted by molar-refractivity contribution is 7.14. The molecule has 0 spiro atoms. The lowest BCUT2D eigenvalue weighted by atomic mass is 10.3. The average molecular weight is 309 g/mol. The Morgan fingerprint density at radius 2 is 2.05 bits per heavy atom. The van der Waals surface area contributed by atoms with Crippen molar-refractivity contribution in [3.05, 3.63) is 59.0 Å². The van der Waals surface area contributed by atoms with Crippen LogP contribution in [-0.4, -0.2) is 19.8 Å². The van der Waals surface area contributed by atoms with Crippen LogP contribution in [0.5, 0.6) is 0 Å². The second-order valence-electron chi connectivity index (χ2n) is 4.39. The molecule has 9 heteroatoms. The average Bonchev–Trinajstić information content (AvgIpc) is 2.85. The molecule has 110 valence electrons. The van der Waals surface area contributed by atoms with Crippen LogP contribution in [-0.2, 0) is 13.6 Å². The molecule has 2 heterocycles. The van der Waals surface area contributed by atoms with Gasteiger partial charge in [0.15, 0.2) is 5.78 Å². The highest BCUT2D eigenvalue weighted by Gasteiger charge is 2.21. The smallest absolute Gasteiger partial charge is 0.297 e. The summed E-state index contributed by atoms with van der Waals surface area (Å²) in [5.41, 5.74) is -2.59. The van der Waals surface area contributed by atoms with E-state index in [4.69, 9.17) is 0 Å². The number of carbonyl (C=O) groups excluding carboxylic acids is 1. The van der Waals surface area contributed by atoms with Gasteiger partial charge in [-0.25, -0.2) is 9.36 Å². The van der Waals surface area contributed by atoms with E-state index in [1.165, 1.54) is 18.4 Å². The van der Waals surface area contributed by atoms with Crippen LogP contribution in [0.4, 0.5) is 5.69 Å². The molecular formula is C12H11N3O5S. The Morgan fingerprint density at radius 3 is 2.57 bits per heavy atom. The van der Waals surface area contributed by atoms with Crippen molar-refractivity contribution in [2.24, 2.45) is 7.05 Å². The van der Waals surface area contributed by atoms with Crippen molar-refractivity contribution in [2.75, 3.05) is 0 Å². The lowest BCUT2D eigenvalue weighted by Gasteiger charge is -2.05. The number of nitrogens with zero attached hydrogens (tertiary/aromatic N) is 3. The van der Waals surface area contributed by atoms with Crippen LogP contribution in [0, 0.1) is 17.0 Å². The standard InChI is InChI=1S/C12H11N3O5S/c1-7-3-4-10(21-7)9(16)6-14-11(17)8(15(19)20)5-13(2)12(14)18/h3-5H,6H2,1-2H3. The number of Topliss-reactive ketones (excluding diaryl/α,β-unsaturated/α-hetero) is 1. The molecule has 0 aliphatic heterocycles. The molecule has 2 aromatic heterocycles. The fraction of sp³-hybridized carbons (Fsp3) is 0.250. The van der Waals surface area contributed by atoms with E-state index >= 15 is 0 Å². The molecule has 0 aliphatic rings. The number of thiophene rings is 1. The van der Waals surface area contributed by atoms with Gasteiger partial charge in [-0.2, -0.15) is 0 Å². The Labute approximate surface area is 122 Å². The number of nitro groups is 1. The summed E-state index contributed by atoms with van der Waals surface area (Å²) in [5, 5.41) is 10.8. The van der Waals surface area contributed by atoms with Crippen molar-refractivity contribution in [3.63, 3.8) is 0 Å². The molecule has 0 saturated carbocycles. The third-order valence-electron chi connectivity index (χ3n) is 2.83. The zero-order valence-electron chi connectivity index (χ0n) is 11.2. The number of aryl methyl sites for hydroxylation is 2. The molecule has 0 bridgehead atoms. The first-order valence-electron chi connectivity index (χ1n) is 5.85. The first-order valence-corrected chi connectivity index (χ1v) is 6.67. The van der Waals surface area contributed by atoms with Gasteiger partial charge in [0, 0.05) is 11.9 Å². The van der Waals surface area contributed by atoms with Crippen molar-refractivity contribution in [1.29, 1.82) is 0 Å². The first-order chi connectivity index (χ1) is 9.81. The molecular weight excluding hydrogens is 298 g/mol. The van der Waals surface area contributed by atoms with Gasteiger partial charge in [0.1, 0.15) is 0 Å². The third kappa shape index (κ3) is 2.82. The summed E-state index contributed by atoms with van der Waals surface area (Å²) >= 11 is 1.23. The summed E-state index contributed by atoms with van der Waals surface area (Å²) in [6.07, 6.45) is 0.848. The minimum absolute atomic E-state index is 0.396. The predicted molar refractivity (Wildman–Crippen MR) is 76.0 cm³/mol. The minimum Gasteiger partial charge on any atom is -0.297 e. The molecule has 2 aromatic rings. The lowest BCUT2D eigenvalue weighted by molar-refractivity contribution is -0.387. The van der Waals surface area contributed by atoms with E-state index in [9.17, 15) is 24.5 Å². The number of ketones is 1. The molecule has 0 radical (unpaired) electrons. The van der Waals surface area contributed by atoms with Crippen LogP contribution in [0.3, 0.4) is 0 Å². The third-order valence-corrected chi connectivity index (χ3v) is 3.87. The highest BCUT2D eigenvalue weighted by atomic mass is 32.1. The summed E-state index contributed by atoms with van der Waals surface area (Å²) in [6, 6.07) is 3.33. The molecule has 0 fully saturated rings. The Morgan fingerprint density at radius 1 is 1.38 bits per heavy atom. The fourth-order valence-electron chi connectivity index (χ4n) is 1.78. The molecule has 0 unspecified atom stereocenters. The minimum atomic E-state index is -1.08. The van der Waals surface area contributed by atoms with E-state index in [1.807, 2.05) is 6.92 Å². The SMILES string of the molecule is Cc1ccc(C(=O)Cn2c(=O)c([N+](=O)[O-])cn(C)c2=O)s1. The molecule has 0 aromatic carbocycles. The van der Waals surface area contributed by atoms with Crippen molar-refractivity contribution in [2.45, 2.75) is 13.5 Å². The Bertz CT molecular complexity index is 845. The molecule has 0 atom stereocenters. The zero-order chi connectivity index (χ0) is 15.7. The topological polar surface area (TPSA) is 104 Å². The number of hydrogen-bond donors (Lipinski definition) is 0. The first kappa shape index (κ1) is 14.9. The largest absolute Gasteiger partial charge is 0.350 e. The predicted octanol–water partition coefficient (Wildman–Crippen LogP) is 0.708. The van der Waals surface area contributed by atoms with Gasteiger partial charge in [0.2, 0.25) is 0 Å². The molecule has 8 nitrogen and oxygen atoms in total. The van der Waals surface area contributed by atoms with Gasteiger partial charge in [-0.1, -0.05) is 0 Å². The highest BCUT2D eigenvalue weighted by Crippen LogP contribution is 2.15. The van der Waals surface area contributed by atoms with Crippen molar-refractivity contribution in [3.8, 4) is 0 Å². The van der Waals surface area contributed by atoms with E-state index in [-0.39, 0.29) is 0 Å². The van der Waals surface area contributed by atoms with Crippen LogP contribution in [0.1, 0.15) is 14.5 Å². The quantitative estimate of drug-likeness (QED) is 0.470. The van der Waals surface area contributed by atoms with Gasteiger partial charge >= 0.3 is 16.9 Å². The maximum atomic E-state index is 12.1. The van der Waals surface area contributed by atoms with Crippen LogP contribution in [0.25, 0.3) is 0 Å². The van der Waals surface area contributed by atoms with E-state index < -0.39 is 34.2 Å². The Hall–Kier alpha value is -2.55. The molecule has 0 N–H and O–H groups in total. The number of hydrogen-bond acceptors (Lipinski definition) is 6. The molecule has 0 aliphatic carbocycles. The van der Waals surface area contributed by atoms with Crippen LogP contribution in [0.2, 0.25) is 0 Å². The second kappa shape index (κ2) is 5.44. The normalized spacial score (nSPS) is 10.6. The van der Waals surface area contributed by atoms with Gasteiger partial charge in [-0.3, -0.25) is 24.3 Å². The Kier molecular flexibility index (Phi) is 3.85. The maximum absolute atomic E-state index is 12.1. The van der Waals surface area contributed by atoms with E-state index in [0.717, 1.165) is 15.6 Å². The van der Waals surface area contributed by atoms with Crippen LogP contribution >= 0.6 is 11.3 Å². The van der Waals surface area contributed by atoms with Crippen LogP contribution in [0.15, 0.2) is 27.9 Å². The van der Waals surface area contributed by atoms with Gasteiger partial charge in [-0.15, -0.1) is 11.3 Å². The van der Waals surface area contributed by atoms with Crippen molar-refractivity contribution < 1.29 is 9.72 Å². The van der Waals surface area contributed by atoms with Crippen molar-refractivity contribution in [1.82, 2.24) is 9.13 Å². The maximum Gasteiger partial charge on any atom is 0.350 e. The summed E-state index contributed by atoms with van der Waals surface area (Å²) < 4.78 is 1.49. The lowest BCUT2D eigenvalue weighted by Crippen LogP contribution is -2.41. The number of rotatable bonds is 4. The summed E-state index contributed by atoms with van der Waals surface area (Å²) in [4.78, 5) is 47.1. The van der Waals surface area contributed by atoms with E-state index in [1.54, 1.807) is 12.1 Å². The number of carbonyl (C=O) groups is 1. The molecule has 2 rings (SSSR count). The van der Waals surface area contributed by atoms with E-state index in [2.05, 4.69) is 0 Å². The van der Waals surface area contributed by atoms with Gasteiger partial charge < -0.3 is 0 Å². The Balaban J connectivity index is 2.49. The van der Waals surface area contributed by atoms with Gasteiger partial charge in [0.05, 0.1) is 22.5 Å². The number of aromatic nitrogens is 2. The summed E-state index contributed by atoms with van der Waals surface area (Å²) in [6.45, 7) is 1.30. The molecule has 0 amide bonds. The van der Waals surface area contributed by atoms with Crippen LogP contribution < -0.4 is 11.2 Å². The summed E-state index contributed by atoms with van der Waals surface area (Å²) in [5.74, 6) is -0.437. The molecule has 21 heavy (non-hydrogen) atoms. The second-order valence-corrected chi connectivity index (χ2v) is 5.68. The van der Waals surface area contributed by atoms with E-state index in [0.29, 0.717) is 9.44 Å². The zero-order valence-corrected chi connectivity index (χ0v) is 12.0. The van der Waals surface area contributed by atoms with Gasteiger partial charge in [0.25, 0.3) is 0 Å².